The number of benzene rings is 1. The van der Waals surface area contributed by atoms with Gasteiger partial charge in [-0.1, -0.05) is 12.1 Å². The molecule has 7 heteroatoms. The van der Waals surface area contributed by atoms with Crippen LogP contribution in [0, 0.1) is 6.92 Å². The lowest BCUT2D eigenvalue weighted by molar-refractivity contribution is -0.134. The molecule has 0 atom stereocenters. The number of hydrogen-bond donors (Lipinski definition) is 1. The van der Waals surface area contributed by atoms with Gasteiger partial charge >= 0.3 is 6.18 Å². The van der Waals surface area contributed by atoms with Gasteiger partial charge in [0.05, 0.1) is 11.2 Å². The van der Waals surface area contributed by atoms with Crippen LogP contribution in [0.15, 0.2) is 30.3 Å². The molecule has 0 unspecified atom stereocenters. The van der Waals surface area contributed by atoms with E-state index in [9.17, 15) is 13.2 Å². The lowest BCUT2D eigenvalue weighted by Crippen LogP contribution is -2.12. The second-order valence-corrected chi connectivity index (χ2v) is 5.18. The Labute approximate surface area is 125 Å². The van der Waals surface area contributed by atoms with E-state index < -0.39 is 12.6 Å². The molecule has 3 rings (SSSR count). The van der Waals surface area contributed by atoms with Crippen molar-refractivity contribution in [3.63, 3.8) is 0 Å². The van der Waals surface area contributed by atoms with Crippen molar-refractivity contribution in [3.8, 4) is 0 Å². The monoisotopic (exact) mass is 308 g/mol. The molecule has 4 nitrogen and oxygen atoms in total. The molecule has 1 aromatic carbocycles. The number of nitrogens with zero attached hydrogens (tertiary/aromatic N) is 3. The lowest BCUT2D eigenvalue weighted by Gasteiger charge is -2.11. The molecule has 0 amide bonds. The third kappa shape index (κ3) is 2.98. The number of anilines is 1. The SMILES string of the molecule is Cc1cc2nc(NCCCC(F)(F)F)c3ccccc3n2n1. The summed E-state index contributed by atoms with van der Waals surface area (Å²) >= 11 is 0. The summed E-state index contributed by atoms with van der Waals surface area (Å²) in [5.41, 5.74) is 2.39. The lowest BCUT2D eigenvalue weighted by atomic mass is 10.2. The highest BCUT2D eigenvalue weighted by Gasteiger charge is 2.25. The van der Waals surface area contributed by atoms with Gasteiger partial charge in [0.2, 0.25) is 0 Å². The Morgan fingerprint density at radius 3 is 2.77 bits per heavy atom. The predicted molar refractivity (Wildman–Crippen MR) is 79.0 cm³/mol. The largest absolute Gasteiger partial charge is 0.389 e. The molecule has 0 aliphatic carbocycles. The number of para-hydroxylation sites is 1. The molecule has 0 aliphatic rings. The molecule has 0 radical (unpaired) electrons. The van der Waals surface area contributed by atoms with Gasteiger partial charge in [-0.2, -0.15) is 18.3 Å². The number of alkyl halides is 3. The molecule has 0 spiro atoms. The number of rotatable bonds is 4. The van der Waals surface area contributed by atoms with E-state index in [2.05, 4.69) is 15.4 Å². The number of hydrogen-bond acceptors (Lipinski definition) is 3. The second-order valence-electron chi connectivity index (χ2n) is 5.18. The summed E-state index contributed by atoms with van der Waals surface area (Å²) in [6.45, 7) is 2.10. The fraction of sp³-hybridized carbons (Fsp3) is 0.333. The Morgan fingerprint density at radius 1 is 1.23 bits per heavy atom. The molecule has 2 aromatic heterocycles. The van der Waals surface area contributed by atoms with E-state index >= 15 is 0 Å². The standard InChI is InChI=1S/C15H15F3N4/c1-10-9-13-20-14(19-8-4-7-15(16,17)18)11-5-2-3-6-12(11)22(13)21-10/h2-3,5-6,9H,4,7-8H2,1H3,(H,19,20). The molecular weight excluding hydrogens is 293 g/mol. The van der Waals surface area contributed by atoms with E-state index in [0.717, 1.165) is 16.6 Å². The zero-order valence-electron chi connectivity index (χ0n) is 12.0. The Kier molecular flexibility index (Phi) is 3.64. The van der Waals surface area contributed by atoms with Crippen molar-refractivity contribution >= 4 is 22.4 Å². The number of aryl methyl sites for hydroxylation is 1. The van der Waals surface area contributed by atoms with Crippen molar-refractivity contribution in [2.45, 2.75) is 25.9 Å². The Hall–Kier alpha value is -2.31. The highest BCUT2D eigenvalue weighted by Crippen LogP contribution is 2.24. The van der Waals surface area contributed by atoms with Gasteiger partial charge in [0, 0.05) is 24.4 Å². The molecule has 0 saturated carbocycles. The van der Waals surface area contributed by atoms with Crippen LogP contribution in [0.2, 0.25) is 0 Å². The van der Waals surface area contributed by atoms with E-state index in [1.54, 1.807) is 4.52 Å². The minimum atomic E-state index is -4.12. The molecule has 1 N–H and O–H groups in total. The van der Waals surface area contributed by atoms with Crippen LogP contribution in [0.1, 0.15) is 18.5 Å². The summed E-state index contributed by atoms with van der Waals surface area (Å²) in [5.74, 6) is 0.588. The van der Waals surface area contributed by atoms with Crippen LogP contribution in [0.25, 0.3) is 16.6 Å². The zero-order valence-corrected chi connectivity index (χ0v) is 12.0. The average molecular weight is 308 g/mol. The van der Waals surface area contributed by atoms with Crippen molar-refractivity contribution < 1.29 is 13.2 Å². The van der Waals surface area contributed by atoms with Crippen LogP contribution >= 0.6 is 0 Å². The summed E-state index contributed by atoms with van der Waals surface area (Å²) in [6.07, 6.45) is -4.90. The molecule has 3 aromatic rings. The maximum absolute atomic E-state index is 12.2. The number of nitrogens with one attached hydrogen (secondary N) is 1. The van der Waals surface area contributed by atoms with E-state index in [1.165, 1.54) is 0 Å². The summed E-state index contributed by atoms with van der Waals surface area (Å²) in [7, 11) is 0. The van der Waals surface area contributed by atoms with Gasteiger partial charge in [-0.15, -0.1) is 0 Å². The van der Waals surface area contributed by atoms with Gasteiger partial charge in [0.25, 0.3) is 0 Å². The molecule has 116 valence electrons. The summed E-state index contributed by atoms with van der Waals surface area (Å²) < 4.78 is 38.3. The van der Waals surface area contributed by atoms with Gasteiger partial charge in [0.1, 0.15) is 5.82 Å². The normalized spacial score (nSPS) is 12.2. The minimum Gasteiger partial charge on any atom is -0.369 e. The van der Waals surface area contributed by atoms with Gasteiger partial charge in [-0.25, -0.2) is 9.50 Å². The Morgan fingerprint density at radius 2 is 2.00 bits per heavy atom. The van der Waals surface area contributed by atoms with Crippen molar-refractivity contribution in [1.82, 2.24) is 14.6 Å². The van der Waals surface area contributed by atoms with Crippen LogP contribution in [-0.4, -0.2) is 27.3 Å². The molecule has 0 saturated heterocycles. The van der Waals surface area contributed by atoms with Crippen LogP contribution in [0.5, 0.6) is 0 Å². The molecule has 0 bridgehead atoms. The Bertz CT molecular complexity index is 807. The number of fused-ring (bicyclic) bond motifs is 3. The maximum atomic E-state index is 12.2. The van der Waals surface area contributed by atoms with Crippen molar-refractivity contribution in [2.24, 2.45) is 0 Å². The predicted octanol–water partition coefficient (Wildman–Crippen LogP) is 3.95. The fourth-order valence-electron chi connectivity index (χ4n) is 2.41. The van der Waals surface area contributed by atoms with Crippen LogP contribution < -0.4 is 5.32 Å². The smallest absolute Gasteiger partial charge is 0.369 e. The fourth-order valence-corrected chi connectivity index (χ4v) is 2.41. The minimum absolute atomic E-state index is 0.0168. The first-order chi connectivity index (χ1) is 10.4. The van der Waals surface area contributed by atoms with E-state index in [0.29, 0.717) is 11.5 Å². The first kappa shape index (κ1) is 14.6. The number of halogens is 3. The van der Waals surface area contributed by atoms with Gasteiger partial charge in [-0.05, 0) is 25.5 Å². The number of aromatic nitrogens is 3. The van der Waals surface area contributed by atoms with Gasteiger partial charge < -0.3 is 5.32 Å². The first-order valence-electron chi connectivity index (χ1n) is 7.00. The molecule has 22 heavy (non-hydrogen) atoms. The van der Waals surface area contributed by atoms with E-state index in [-0.39, 0.29) is 13.0 Å². The van der Waals surface area contributed by atoms with Crippen molar-refractivity contribution in [1.29, 1.82) is 0 Å². The average Bonchev–Trinajstić information content (AvgIpc) is 2.83. The third-order valence-corrected chi connectivity index (χ3v) is 3.36. The maximum Gasteiger partial charge on any atom is 0.389 e. The highest BCUT2D eigenvalue weighted by molar-refractivity contribution is 5.91. The molecule has 2 heterocycles. The Balaban J connectivity index is 1.90. The quantitative estimate of drug-likeness (QED) is 0.742. The highest BCUT2D eigenvalue weighted by atomic mass is 19.4. The summed E-state index contributed by atoms with van der Waals surface area (Å²) in [4.78, 5) is 4.47. The van der Waals surface area contributed by atoms with E-state index in [1.807, 2.05) is 37.3 Å². The second kappa shape index (κ2) is 5.47. The summed E-state index contributed by atoms with van der Waals surface area (Å²) in [6, 6.07) is 9.40. The molecule has 0 fully saturated rings. The van der Waals surface area contributed by atoms with E-state index in [4.69, 9.17) is 0 Å². The molecule has 0 aliphatic heterocycles. The third-order valence-electron chi connectivity index (χ3n) is 3.36. The van der Waals surface area contributed by atoms with Crippen LogP contribution in [0.3, 0.4) is 0 Å². The topological polar surface area (TPSA) is 42.2 Å². The molecular formula is C15H15F3N4. The van der Waals surface area contributed by atoms with Crippen molar-refractivity contribution in [3.05, 3.63) is 36.0 Å². The van der Waals surface area contributed by atoms with Crippen molar-refractivity contribution in [2.75, 3.05) is 11.9 Å². The zero-order chi connectivity index (χ0) is 15.7. The van der Waals surface area contributed by atoms with Crippen LogP contribution in [0.4, 0.5) is 19.0 Å². The van der Waals surface area contributed by atoms with Gasteiger partial charge in [-0.3, -0.25) is 0 Å². The first-order valence-corrected chi connectivity index (χ1v) is 7.00. The van der Waals surface area contributed by atoms with Gasteiger partial charge in [0.15, 0.2) is 5.65 Å². The summed E-state index contributed by atoms with van der Waals surface area (Å²) in [5, 5.41) is 8.24. The van der Waals surface area contributed by atoms with Crippen LogP contribution in [-0.2, 0) is 0 Å².